The molecule has 1 fully saturated rings. The lowest BCUT2D eigenvalue weighted by Crippen LogP contribution is -2.47. The quantitative estimate of drug-likeness (QED) is 0.778. The predicted octanol–water partition coefficient (Wildman–Crippen LogP) is 2.14. The van der Waals surface area contributed by atoms with Crippen LogP contribution in [-0.4, -0.2) is 41.4 Å². The number of benzene rings is 1. The van der Waals surface area contributed by atoms with Gasteiger partial charge >= 0.3 is 0 Å². The molecule has 128 valence electrons. The molecule has 0 amide bonds. The lowest BCUT2D eigenvalue weighted by molar-refractivity contribution is 0.631. The Morgan fingerprint density at radius 3 is 2.40 bits per heavy atom. The van der Waals surface area contributed by atoms with Crippen molar-refractivity contribution >= 4 is 23.0 Å². The molecular weight excluding hydrogens is 334 g/mol. The molecule has 7 heteroatoms. The molecular formula is C18H19N5OS. The van der Waals surface area contributed by atoms with E-state index in [0.717, 1.165) is 31.1 Å². The van der Waals surface area contributed by atoms with Crippen LogP contribution in [0.2, 0.25) is 0 Å². The van der Waals surface area contributed by atoms with Crippen LogP contribution in [-0.2, 0) is 6.42 Å². The molecule has 6 nitrogen and oxygen atoms in total. The Morgan fingerprint density at radius 2 is 1.72 bits per heavy atom. The van der Waals surface area contributed by atoms with E-state index in [2.05, 4.69) is 49.2 Å². The Kier molecular flexibility index (Phi) is 4.47. The molecule has 1 aromatic carbocycles. The van der Waals surface area contributed by atoms with Crippen LogP contribution in [0.1, 0.15) is 10.6 Å². The van der Waals surface area contributed by atoms with Gasteiger partial charge in [0.2, 0.25) is 5.95 Å². The van der Waals surface area contributed by atoms with E-state index in [4.69, 9.17) is 0 Å². The number of hydrogen-bond acceptors (Lipinski definition) is 6. The molecule has 3 heterocycles. The molecule has 25 heavy (non-hydrogen) atoms. The standard InChI is InChI=1S/C18H19N5OS/c24-17-16(13-15-7-4-12-25-15)20-21-18(19-17)23-10-8-22(9-11-23)14-5-2-1-3-6-14/h1-7,12H,8-11,13H2,(H,19,21,24). The molecule has 0 atom stereocenters. The molecule has 1 aliphatic rings. The smallest absolute Gasteiger partial charge is 0.274 e. The normalized spacial score (nSPS) is 14.7. The first kappa shape index (κ1) is 15.8. The summed E-state index contributed by atoms with van der Waals surface area (Å²) in [5, 5.41) is 10.4. The monoisotopic (exact) mass is 353 g/mol. The van der Waals surface area contributed by atoms with E-state index in [0.29, 0.717) is 18.1 Å². The zero-order chi connectivity index (χ0) is 17.1. The Labute approximate surface area is 149 Å². The largest absolute Gasteiger partial charge is 0.368 e. The summed E-state index contributed by atoms with van der Waals surface area (Å²) < 4.78 is 0. The van der Waals surface area contributed by atoms with Gasteiger partial charge in [-0.15, -0.1) is 21.5 Å². The predicted molar refractivity (Wildman–Crippen MR) is 101 cm³/mol. The fraction of sp³-hybridized carbons (Fsp3) is 0.278. The minimum atomic E-state index is -0.149. The lowest BCUT2D eigenvalue weighted by Gasteiger charge is -2.36. The topological polar surface area (TPSA) is 65.1 Å². The highest BCUT2D eigenvalue weighted by molar-refractivity contribution is 7.09. The van der Waals surface area contributed by atoms with Crippen LogP contribution in [0.25, 0.3) is 0 Å². The van der Waals surface area contributed by atoms with Gasteiger partial charge in [-0.25, -0.2) is 0 Å². The van der Waals surface area contributed by atoms with E-state index in [-0.39, 0.29) is 5.56 Å². The molecule has 0 aliphatic carbocycles. The van der Waals surface area contributed by atoms with E-state index in [9.17, 15) is 4.79 Å². The molecule has 0 spiro atoms. The van der Waals surface area contributed by atoms with Gasteiger partial charge in [0.25, 0.3) is 5.56 Å². The molecule has 0 unspecified atom stereocenters. The van der Waals surface area contributed by atoms with Crippen LogP contribution in [0.4, 0.5) is 11.6 Å². The highest BCUT2D eigenvalue weighted by Gasteiger charge is 2.19. The average molecular weight is 353 g/mol. The summed E-state index contributed by atoms with van der Waals surface area (Å²) in [5.41, 5.74) is 1.55. The van der Waals surface area contributed by atoms with Crippen molar-refractivity contribution < 1.29 is 0 Å². The van der Waals surface area contributed by atoms with Crippen LogP contribution < -0.4 is 15.4 Å². The minimum Gasteiger partial charge on any atom is -0.368 e. The van der Waals surface area contributed by atoms with Crippen LogP contribution in [0.3, 0.4) is 0 Å². The first-order valence-electron chi connectivity index (χ1n) is 8.33. The van der Waals surface area contributed by atoms with Gasteiger partial charge in [0.1, 0.15) is 5.69 Å². The van der Waals surface area contributed by atoms with Crippen molar-refractivity contribution in [3.63, 3.8) is 0 Å². The number of anilines is 2. The number of aromatic amines is 1. The van der Waals surface area contributed by atoms with Gasteiger partial charge in [-0.3, -0.25) is 9.78 Å². The number of nitrogens with zero attached hydrogens (tertiary/aromatic N) is 4. The van der Waals surface area contributed by atoms with Gasteiger partial charge in [-0.2, -0.15) is 0 Å². The van der Waals surface area contributed by atoms with Gasteiger partial charge in [0.15, 0.2) is 0 Å². The number of thiophene rings is 1. The maximum absolute atomic E-state index is 12.3. The Bertz CT molecular complexity index is 870. The molecule has 3 aromatic rings. The summed E-state index contributed by atoms with van der Waals surface area (Å²) >= 11 is 1.62. The second kappa shape index (κ2) is 7.06. The maximum atomic E-state index is 12.3. The van der Waals surface area contributed by atoms with Crippen molar-refractivity contribution in [1.29, 1.82) is 0 Å². The number of H-pyrrole nitrogens is 1. The van der Waals surface area contributed by atoms with Gasteiger partial charge in [0.05, 0.1) is 0 Å². The lowest BCUT2D eigenvalue weighted by atomic mass is 10.2. The van der Waals surface area contributed by atoms with E-state index in [1.165, 1.54) is 5.69 Å². The molecule has 1 N–H and O–H groups in total. The number of nitrogens with one attached hydrogen (secondary N) is 1. The van der Waals surface area contributed by atoms with Crippen LogP contribution in [0.5, 0.6) is 0 Å². The number of piperazine rings is 1. The molecule has 0 saturated carbocycles. The summed E-state index contributed by atoms with van der Waals surface area (Å²) in [6.45, 7) is 3.41. The van der Waals surface area contributed by atoms with Crippen molar-refractivity contribution in [2.24, 2.45) is 0 Å². The molecule has 0 radical (unpaired) electrons. The van der Waals surface area contributed by atoms with Crippen molar-refractivity contribution in [2.45, 2.75) is 6.42 Å². The second-order valence-corrected chi connectivity index (χ2v) is 7.02. The fourth-order valence-electron chi connectivity index (χ4n) is 3.00. The first-order valence-corrected chi connectivity index (χ1v) is 9.21. The number of rotatable bonds is 4. The number of para-hydroxylation sites is 1. The fourth-order valence-corrected chi connectivity index (χ4v) is 3.71. The summed E-state index contributed by atoms with van der Waals surface area (Å²) in [6, 6.07) is 14.4. The summed E-state index contributed by atoms with van der Waals surface area (Å²) in [4.78, 5) is 20.7. The zero-order valence-corrected chi connectivity index (χ0v) is 14.6. The molecule has 1 saturated heterocycles. The van der Waals surface area contributed by atoms with Gasteiger partial charge in [0, 0.05) is 43.2 Å². The Hall–Kier alpha value is -2.67. The molecule has 2 aromatic heterocycles. The first-order chi connectivity index (χ1) is 12.3. The third-order valence-corrected chi connectivity index (χ3v) is 5.25. The third kappa shape index (κ3) is 3.56. The van der Waals surface area contributed by atoms with Crippen LogP contribution in [0.15, 0.2) is 52.6 Å². The highest BCUT2D eigenvalue weighted by Crippen LogP contribution is 2.17. The third-order valence-electron chi connectivity index (χ3n) is 4.38. The summed E-state index contributed by atoms with van der Waals surface area (Å²) in [6.07, 6.45) is 0.530. The van der Waals surface area contributed by atoms with Gasteiger partial charge in [-0.1, -0.05) is 24.3 Å². The van der Waals surface area contributed by atoms with E-state index in [1.54, 1.807) is 11.3 Å². The van der Waals surface area contributed by atoms with Crippen molar-refractivity contribution in [3.05, 3.63) is 68.8 Å². The van der Waals surface area contributed by atoms with Gasteiger partial charge in [-0.05, 0) is 23.6 Å². The average Bonchev–Trinajstić information content (AvgIpc) is 3.17. The maximum Gasteiger partial charge on any atom is 0.274 e. The Morgan fingerprint density at radius 1 is 0.960 bits per heavy atom. The van der Waals surface area contributed by atoms with Crippen LogP contribution >= 0.6 is 11.3 Å². The summed E-state index contributed by atoms with van der Waals surface area (Å²) in [7, 11) is 0. The summed E-state index contributed by atoms with van der Waals surface area (Å²) in [5.74, 6) is 0.563. The van der Waals surface area contributed by atoms with E-state index in [1.807, 2.05) is 23.6 Å². The van der Waals surface area contributed by atoms with Gasteiger partial charge < -0.3 is 9.80 Å². The minimum absolute atomic E-state index is 0.149. The van der Waals surface area contributed by atoms with Crippen molar-refractivity contribution in [1.82, 2.24) is 15.2 Å². The highest BCUT2D eigenvalue weighted by atomic mass is 32.1. The number of hydrogen-bond donors (Lipinski definition) is 1. The number of aromatic nitrogens is 3. The Balaban J connectivity index is 1.43. The van der Waals surface area contributed by atoms with E-state index < -0.39 is 0 Å². The molecule has 1 aliphatic heterocycles. The zero-order valence-electron chi connectivity index (χ0n) is 13.8. The van der Waals surface area contributed by atoms with E-state index >= 15 is 0 Å². The SMILES string of the molecule is O=c1[nH]c(N2CCN(c3ccccc3)CC2)nnc1Cc1cccs1. The van der Waals surface area contributed by atoms with Crippen LogP contribution in [0, 0.1) is 0 Å². The molecule has 4 rings (SSSR count). The second-order valence-electron chi connectivity index (χ2n) is 5.99. The van der Waals surface area contributed by atoms with Crippen molar-refractivity contribution in [3.8, 4) is 0 Å². The van der Waals surface area contributed by atoms with Crippen molar-refractivity contribution in [2.75, 3.05) is 36.0 Å². The molecule has 0 bridgehead atoms.